The van der Waals surface area contributed by atoms with Crippen molar-refractivity contribution in [3.8, 4) is 0 Å². The zero-order valence-electron chi connectivity index (χ0n) is 13.0. The topological polar surface area (TPSA) is 54.0 Å². The SMILES string of the molecule is COCO[C@H](CCOC(=O)c1ccccc1)C[C@H](CI)OC. The Bertz CT molecular complexity index is 408. The highest BCUT2D eigenvalue weighted by atomic mass is 127. The molecule has 6 heteroatoms. The van der Waals surface area contributed by atoms with Crippen LogP contribution in [0.5, 0.6) is 0 Å². The van der Waals surface area contributed by atoms with Gasteiger partial charge in [-0.1, -0.05) is 40.8 Å². The molecule has 1 rings (SSSR count). The van der Waals surface area contributed by atoms with Crippen molar-refractivity contribution in [3.05, 3.63) is 35.9 Å². The second kappa shape index (κ2) is 11.8. The lowest BCUT2D eigenvalue weighted by Crippen LogP contribution is -2.26. The van der Waals surface area contributed by atoms with Crippen LogP contribution >= 0.6 is 22.6 Å². The lowest BCUT2D eigenvalue weighted by atomic mass is 10.1. The van der Waals surface area contributed by atoms with E-state index in [0.717, 1.165) is 10.8 Å². The van der Waals surface area contributed by atoms with Crippen LogP contribution in [0.15, 0.2) is 30.3 Å². The second-order valence-corrected chi connectivity index (χ2v) is 5.61. The molecule has 0 radical (unpaired) electrons. The molecule has 0 spiro atoms. The number of alkyl halides is 1. The molecule has 22 heavy (non-hydrogen) atoms. The highest BCUT2D eigenvalue weighted by Gasteiger charge is 2.17. The summed E-state index contributed by atoms with van der Waals surface area (Å²) in [6.45, 7) is 0.523. The number of ether oxygens (including phenoxy) is 4. The molecule has 1 aromatic carbocycles. The standard InChI is InChI=1S/C16H23IO5/c1-19-12-22-14(10-15(11-17)20-2)8-9-21-16(18)13-6-4-3-5-7-13/h3-7,14-15H,8-12H2,1-2H3/t14-,15-/m1/s1. The van der Waals surface area contributed by atoms with E-state index in [0.29, 0.717) is 18.6 Å². The molecule has 0 fully saturated rings. The van der Waals surface area contributed by atoms with E-state index in [1.807, 2.05) is 18.2 Å². The zero-order valence-corrected chi connectivity index (χ0v) is 15.2. The normalized spacial score (nSPS) is 13.6. The van der Waals surface area contributed by atoms with Crippen molar-refractivity contribution in [2.45, 2.75) is 25.0 Å². The molecule has 0 aromatic heterocycles. The number of halogens is 1. The first-order chi connectivity index (χ1) is 10.7. The van der Waals surface area contributed by atoms with E-state index >= 15 is 0 Å². The van der Waals surface area contributed by atoms with Gasteiger partial charge in [0.05, 0.1) is 24.4 Å². The fraction of sp³-hybridized carbons (Fsp3) is 0.562. The minimum absolute atomic E-state index is 0.0664. The summed E-state index contributed by atoms with van der Waals surface area (Å²) in [5.41, 5.74) is 0.555. The van der Waals surface area contributed by atoms with Crippen molar-refractivity contribution in [2.75, 3.05) is 32.0 Å². The minimum Gasteiger partial charge on any atom is -0.462 e. The Balaban J connectivity index is 2.40. The molecule has 0 aliphatic heterocycles. The average Bonchev–Trinajstić information content (AvgIpc) is 2.57. The summed E-state index contributed by atoms with van der Waals surface area (Å²) in [5, 5.41) is 0. The van der Waals surface area contributed by atoms with Crippen LogP contribution in [0.2, 0.25) is 0 Å². The van der Waals surface area contributed by atoms with Crippen molar-refractivity contribution in [2.24, 2.45) is 0 Å². The van der Waals surface area contributed by atoms with Gasteiger partial charge < -0.3 is 18.9 Å². The van der Waals surface area contributed by atoms with E-state index < -0.39 is 0 Å². The Hall–Kier alpha value is -0.700. The molecule has 0 saturated heterocycles. The fourth-order valence-corrected chi connectivity index (χ4v) is 2.61. The first kappa shape index (κ1) is 19.3. The van der Waals surface area contributed by atoms with Crippen molar-refractivity contribution in [1.82, 2.24) is 0 Å². The molecule has 124 valence electrons. The molecule has 0 amide bonds. The van der Waals surface area contributed by atoms with Gasteiger partial charge in [0.15, 0.2) is 0 Å². The van der Waals surface area contributed by atoms with Gasteiger partial charge in [0, 0.05) is 31.5 Å². The van der Waals surface area contributed by atoms with Gasteiger partial charge in [0.25, 0.3) is 0 Å². The number of methoxy groups -OCH3 is 2. The lowest BCUT2D eigenvalue weighted by molar-refractivity contribution is -0.0912. The van der Waals surface area contributed by atoms with Gasteiger partial charge in [0.1, 0.15) is 6.79 Å². The predicted molar refractivity (Wildman–Crippen MR) is 92.4 cm³/mol. The van der Waals surface area contributed by atoms with Gasteiger partial charge >= 0.3 is 5.97 Å². The maximum atomic E-state index is 11.9. The van der Waals surface area contributed by atoms with Gasteiger partial charge in [-0.2, -0.15) is 0 Å². The van der Waals surface area contributed by atoms with Crippen LogP contribution in [0, 0.1) is 0 Å². The number of carbonyl (C=O) groups is 1. The van der Waals surface area contributed by atoms with E-state index in [9.17, 15) is 4.79 Å². The third kappa shape index (κ3) is 7.53. The van der Waals surface area contributed by atoms with Gasteiger partial charge in [-0.15, -0.1) is 0 Å². The maximum Gasteiger partial charge on any atom is 0.338 e. The number of hydrogen-bond donors (Lipinski definition) is 0. The Labute approximate surface area is 145 Å². The third-order valence-electron chi connectivity index (χ3n) is 3.14. The van der Waals surface area contributed by atoms with Crippen molar-refractivity contribution >= 4 is 28.6 Å². The van der Waals surface area contributed by atoms with Crippen LogP contribution < -0.4 is 0 Å². The Morgan fingerprint density at radius 2 is 1.91 bits per heavy atom. The van der Waals surface area contributed by atoms with E-state index in [2.05, 4.69) is 22.6 Å². The van der Waals surface area contributed by atoms with Gasteiger partial charge in [-0.05, 0) is 12.1 Å². The van der Waals surface area contributed by atoms with Crippen LogP contribution in [-0.4, -0.2) is 50.2 Å². The van der Waals surface area contributed by atoms with Crippen molar-refractivity contribution in [1.29, 1.82) is 0 Å². The molecule has 0 aliphatic carbocycles. The first-order valence-corrected chi connectivity index (χ1v) is 8.65. The quantitative estimate of drug-likeness (QED) is 0.238. The molecule has 1 aromatic rings. The summed E-state index contributed by atoms with van der Waals surface area (Å²) in [4.78, 5) is 11.9. The average molecular weight is 422 g/mol. The summed E-state index contributed by atoms with van der Waals surface area (Å²) >= 11 is 2.28. The summed E-state index contributed by atoms with van der Waals surface area (Å²) in [6.07, 6.45) is 1.40. The highest BCUT2D eigenvalue weighted by Crippen LogP contribution is 2.13. The molecule has 0 heterocycles. The zero-order chi connectivity index (χ0) is 16.2. The Kier molecular flexibility index (Phi) is 10.4. The van der Waals surface area contributed by atoms with Gasteiger partial charge in [-0.25, -0.2) is 4.79 Å². The van der Waals surface area contributed by atoms with Crippen LogP contribution in [-0.2, 0) is 18.9 Å². The van der Waals surface area contributed by atoms with Crippen LogP contribution in [0.4, 0.5) is 0 Å². The number of rotatable bonds is 11. The first-order valence-electron chi connectivity index (χ1n) is 7.12. The summed E-state index contributed by atoms with van der Waals surface area (Å²) in [7, 11) is 3.27. The maximum absolute atomic E-state index is 11.9. The Morgan fingerprint density at radius 3 is 2.50 bits per heavy atom. The van der Waals surface area contributed by atoms with Crippen molar-refractivity contribution in [3.63, 3.8) is 0 Å². The van der Waals surface area contributed by atoms with Gasteiger partial charge in [0.2, 0.25) is 0 Å². The van der Waals surface area contributed by atoms with Crippen molar-refractivity contribution < 1.29 is 23.7 Å². The molecular formula is C16H23IO5. The molecule has 0 unspecified atom stereocenters. The molecular weight excluding hydrogens is 399 g/mol. The largest absolute Gasteiger partial charge is 0.462 e. The number of benzene rings is 1. The molecule has 0 N–H and O–H groups in total. The predicted octanol–water partition coefficient (Wildman–Crippen LogP) is 3.06. The van der Waals surface area contributed by atoms with E-state index in [4.69, 9.17) is 18.9 Å². The van der Waals surface area contributed by atoms with Crippen LogP contribution in [0.1, 0.15) is 23.2 Å². The lowest BCUT2D eigenvalue weighted by Gasteiger charge is -2.21. The van der Waals surface area contributed by atoms with Crippen LogP contribution in [0.25, 0.3) is 0 Å². The monoisotopic (exact) mass is 422 g/mol. The minimum atomic E-state index is -0.316. The summed E-state index contributed by atoms with van der Waals surface area (Å²) in [6, 6.07) is 8.95. The van der Waals surface area contributed by atoms with Crippen LogP contribution in [0.3, 0.4) is 0 Å². The highest BCUT2D eigenvalue weighted by molar-refractivity contribution is 14.1. The fourth-order valence-electron chi connectivity index (χ4n) is 1.89. The number of esters is 1. The molecule has 0 aliphatic rings. The van der Waals surface area contributed by atoms with E-state index in [1.54, 1.807) is 26.4 Å². The summed E-state index contributed by atoms with van der Waals surface area (Å²) < 4.78 is 22.1. The number of hydrogen-bond acceptors (Lipinski definition) is 5. The number of carbonyl (C=O) groups excluding carboxylic acids is 1. The molecule has 2 atom stereocenters. The Morgan fingerprint density at radius 1 is 1.18 bits per heavy atom. The smallest absolute Gasteiger partial charge is 0.338 e. The van der Waals surface area contributed by atoms with Gasteiger partial charge in [-0.3, -0.25) is 0 Å². The molecule has 5 nitrogen and oxygen atoms in total. The molecule has 0 bridgehead atoms. The third-order valence-corrected chi connectivity index (χ3v) is 4.12. The molecule has 0 saturated carbocycles. The summed E-state index contributed by atoms with van der Waals surface area (Å²) in [5.74, 6) is -0.316. The second-order valence-electron chi connectivity index (χ2n) is 4.73. The van der Waals surface area contributed by atoms with E-state index in [-0.39, 0.29) is 25.0 Å². The van der Waals surface area contributed by atoms with E-state index in [1.165, 1.54) is 0 Å².